The van der Waals surface area contributed by atoms with Crippen LogP contribution in [0.2, 0.25) is 0 Å². The standard InChI is InChI=1S/C14H19NO3/c1-2-18-13-9-11(13)15-14(17)12(16)8-10-6-4-3-5-7-10/h3-7,11-13,16H,2,8-9H2,1H3,(H,15,17)/t11-,12-,13+/m0/s1. The van der Waals surface area contributed by atoms with Crippen LogP contribution in [0.1, 0.15) is 18.9 Å². The molecule has 1 aromatic rings. The third kappa shape index (κ3) is 3.55. The van der Waals surface area contributed by atoms with Crippen LogP contribution in [-0.4, -0.2) is 35.9 Å². The number of hydrogen-bond acceptors (Lipinski definition) is 3. The minimum atomic E-state index is -0.990. The molecule has 0 aromatic heterocycles. The lowest BCUT2D eigenvalue weighted by molar-refractivity contribution is -0.129. The quantitative estimate of drug-likeness (QED) is 0.787. The first-order valence-electron chi connectivity index (χ1n) is 6.34. The molecule has 4 nitrogen and oxygen atoms in total. The Hall–Kier alpha value is -1.39. The van der Waals surface area contributed by atoms with Crippen molar-refractivity contribution >= 4 is 5.91 Å². The SMILES string of the molecule is CCO[C@@H]1C[C@@H]1NC(=O)[C@@H](O)Cc1ccccc1. The lowest BCUT2D eigenvalue weighted by Gasteiger charge is -2.11. The lowest BCUT2D eigenvalue weighted by Crippen LogP contribution is -2.38. The van der Waals surface area contributed by atoms with E-state index in [0.717, 1.165) is 12.0 Å². The van der Waals surface area contributed by atoms with Crippen LogP contribution >= 0.6 is 0 Å². The van der Waals surface area contributed by atoms with E-state index in [2.05, 4.69) is 5.32 Å². The van der Waals surface area contributed by atoms with Crippen LogP contribution in [0.4, 0.5) is 0 Å². The number of aliphatic hydroxyl groups excluding tert-OH is 1. The number of carbonyl (C=O) groups excluding carboxylic acids is 1. The molecule has 1 aliphatic carbocycles. The molecule has 1 amide bonds. The largest absolute Gasteiger partial charge is 0.383 e. The van der Waals surface area contributed by atoms with Gasteiger partial charge in [0.15, 0.2) is 0 Å². The lowest BCUT2D eigenvalue weighted by atomic mass is 10.1. The number of amides is 1. The molecule has 3 atom stereocenters. The molecule has 1 aromatic carbocycles. The summed E-state index contributed by atoms with van der Waals surface area (Å²) in [6, 6.07) is 9.57. The van der Waals surface area contributed by atoms with Crippen molar-refractivity contribution in [1.82, 2.24) is 5.32 Å². The van der Waals surface area contributed by atoms with Crippen molar-refractivity contribution in [3.8, 4) is 0 Å². The van der Waals surface area contributed by atoms with Gasteiger partial charge in [-0.2, -0.15) is 0 Å². The van der Waals surface area contributed by atoms with Gasteiger partial charge in [0.2, 0.25) is 5.91 Å². The van der Waals surface area contributed by atoms with Crippen molar-refractivity contribution in [2.24, 2.45) is 0 Å². The first-order valence-corrected chi connectivity index (χ1v) is 6.34. The zero-order valence-electron chi connectivity index (χ0n) is 10.5. The molecular formula is C14H19NO3. The van der Waals surface area contributed by atoms with Gasteiger partial charge in [-0.3, -0.25) is 4.79 Å². The summed E-state index contributed by atoms with van der Waals surface area (Å²) >= 11 is 0. The zero-order valence-corrected chi connectivity index (χ0v) is 10.5. The van der Waals surface area contributed by atoms with Crippen molar-refractivity contribution in [3.63, 3.8) is 0 Å². The van der Waals surface area contributed by atoms with E-state index in [1.54, 1.807) is 0 Å². The summed E-state index contributed by atoms with van der Waals surface area (Å²) in [6.45, 7) is 2.59. The Kier molecular flexibility index (Phi) is 4.33. The molecule has 98 valence electrons. The number of hydrogen-bond donors (Lipinski definition) is 2. The van der Waals surface area contributed by atoms with Gasteiger partial charge in [0, 0.05) is 13.0 Å². The molecule has 0 aliphatic heterocycles. The highest BCUT2D eigenvalue weighted by Crippen LogP contribution is 2.25. The fraction of sp³-hybridized carbons (Fsp3) is 0.500. The van der Waals surface area contributed by atoms with Gasteiger partial charge in [-0.15, -0.1) is 0 Å². The Bertz CT molecular complexity index is 393. The highest BCUT2D eigenvalue weighted by atomic mass is 16.5. The minimum absolute atomic E-state index is 0.0721. The van der Waals surface area contributed by atoms with Crippen LogP contribution in [-0.2, 0) is 16.0 Å². The third-order valence-corrected chi connectivity index (χ3v) is 3.01. The number of nitrogens with one attached hydrogen (secondary N) is 1. The zero-order chi connectivity index (χ0) is 13.0. The summed E-state index contributed by atoms with van der Waals surface area (Å²) in [4.78, 5) is 11.7. The first kappa shape index (κ1) is 13.1. The normalized spacial score (nSPS) is 23.4. The van der Waals surface area contributed by atoms with E-state index >= 15 is 0 Å². The van der Waals surface area contributed by atoms with E-state index in [0.29, 0.717) is 13.0 Å². The maximum Gasteiger partial charge on any atom is 0.249 e. The number of rotatable bonds is 6. The van der Waals surface area contributed by atoms with E-state index in [4.69, 9.17) is 4.74 Å². The van der Waals surface area contributed by atoms with Crippen molar-refractivity contribution in [3.05, 3.63) is 35.9 Å². The van der Waals surface area contributed by atoms with Gasteiger partial charge < -0.3 is 15.2 Å². The van der Waals surface area contributed by atoms with Gasteiger partial charge in [-0.05, 0) is 18.9 Å². The van der Waals surface area contributed by atoms with Gasteiger partial charge in [0.25, 0.3) is 0 Å². The Morgan fingerprint density at radius 3 is 2.89 bits per heavy atom. The molecule has 0 radical (unpaired) electrons. The van der Waals surface area contributed by atoms with E-state index in [1.165, 1.54) is 0 Å². The van der Waals surface area contributed by atoms with Gasteiger partial charge in [-0.25, -0.2) is 0 Å². The van der Waals surface area contributed by atoms with E-state index in [1.807, 2.05) is 37.3 Å². The topological polar surface area (TPSA) is 58.6 Å². The highest BCUT2D eigenvalue weighted by molar-refractivity contribution is 5.81. The van der Waals surface area contributed by atoms with Gasteiger partial charge in [0.05, 0.1) is 12.1 Å². The van der Waals surface area contributed by atoms with Gasteiger partial charge in [-0.1, -0.05) is 30.3 Å². The summed E-state index contributed by atoms with van der Waals surface area (Å²) in [5.41, 5.74) is 0.956. The molecular weight excluding hydrogens is 230 g/mol. The average molecular weight is 249 g/mol. The fourth-order valence-corrected chi connectivity index (χ4v) is 1.93. The highest BCUT2D eigenvalue weighted by Gasteiger charge is 2.39. The molecule has 2 rings (SSSR count). The predicted octanol–water partition coefficient (Wildman–Crippen LogP) is 0.884. The second-order valence-corrected chi connectivity index (χ2v) is 4.55. The minimum Gasteiger partial charge on any atom is -0.383 e. The smallest absolute Gasteiger partial charge is 0.249 e. The molecule has 0 bridgehead atoms. The Labute approximate surface area is 107 Å². The van der Waals surface area contributed by atoms with Crippen LogP contribution in [0.25, 0.3) is 0 Å². The Balaban J connectivity index is 1.76. The van der Waals surface area contributed by atoms with Gasteiger partial charge in [0.1, 0.15) is 6.10 Å². The predicted molar refractivity (Wildman–Crippen MR) is 68.1 cm³/mol. The monoisotopic (exact) mass is 249 g/mol. The number of carbonyl (C=O) groups is 1. The van der Waals surface area contributed by atoms with Crippen LogP contribution in [0, 0.1) is 0 Å². The Morgan fingerprint density at radius 2 is 2.22 bits per heavy atom. The average Bonchev–Trinajstić information content (AvgIpc) is 3.09. The summed E-state index contributed by atoms with van der Waals surface area (Å²) in [5.74, 6) is -0.314. The molecule has 1 fully saturated rings. The van der Waals surface area contributed by atoms with Crippen molar-refractivity contribution < 1.29 is 14.6 Å². The second kappa shape index (κ2) is 5.98. The number of ether oxygens (including phenoxy) is 1. The molecule has 18 heavy (non-hydrogen) atoms. The molecule has 0 spiro atoms. The first-order chi connectivity index (χ1) is 8.70. The molecule has 1 aliphatic rings. The summed E-state index contributed by atoms with van der Waals surface area (Å²) in [7, 11) is 0. The molecule has 1 saturated carbocycles. The van der Waals surface area contributed by atoms with Gasteiger partial charge >= 0.3 is 0 Å². The van der Waals surface area contributed by atoms with E-state index in [-0.39, 0.29) is 18.1 Å². The Morgan fingerprint density at radius 1 is 1.50 bits per heavy atom. The van der Waals surface area contributed by atoms with E-state index in [9.17, 15) is 9.90 Å². The van der Waals surface area contributed by atoms with Crippen molar-refractivity contribution in [2.45, 2.75) is 38.0 Å². The summed E-state index contributed by atoms with van der Waals surface area (Å²) < 4.78 is 5.37. The van der Waals surface area contributed by atoms with Crippen LogP contribution < -0.4 is 5.32 Å². The van der Waals surface area contributed by atoms with Crippen molar-refractivity contribution in [1.29, 1.82) is 0 Å². The molecule has 0 saturated heterocycles. The van der Waals surface area contributed by atoms with Crippen LogP contribution in [0.3, 0.4) is 0 Å². The maximum absolute atomic E-state index is 11.7. The molecule has 2 N–H and O–H groups in total. The third-order valence-electron chi connectivity index (χ3n) is 3.01. The number of benzene rings is 1. The van der Waals surface area contributed by atoms with E-state index < -0.39 is 6.10 Å². The molecule has 4 heteroatoms. The summed E-state index contributed by atoms with van der Waals surface area (Å²) in [6.07, 6.45) is 0.328. The van der Waals surface area contributed by atoms with Crippen LogP contribution in [0.5, 0.6) is 0 Å². The van der Waals surface area contributed by atoms with Crippen molar-refractivity contribution in [2.75, 3.05) is 6.61 Å². The molecule has 0 heterocycles. The fourth-order valence-electron chi connectivity index (χ4n) is 1.93. The summed E-state index contributed by atoms with van der Waals surface area (Å²) in [5, 5.41) is 12.6. The maximum atomic E-state index is 11.7. The number of aliphatic hydroxyl groups is 1. The van der Waals surface area contributed by atoms with Crippen LogP contribution in [0.15, 0.2) is 30.3 Å². The molecule has 0 unspecified atom stereocenters. The second-order valence-electron chi connectivity index (χ2n) is 4.55.